The number of fused-ring (bicyclic) bond motifs is 1. The minimum atomic E-state index is -0.493. The second-order valence-electron chi connectivity index (χ2n) is 5.03. The summed E-state index contributed by atoms with van der Waals surface area (Å²) in [7, 11) is 1.52. The molecule has 0 aliphatic carbocycles. The average molecular weight is 297 g/mol. The van der Waals surface area contributed by atoms with E-state index in [9.17, 15) is 9.59 Å². The SMILES string of the molecule is COc1cccc(C(=O)n2c(=O)[nH]c3cc(N)c(C)cc32)c1. The van der Waals surface area contributed by atoms with Gasteiger partial charge in [0.25, 0.3) is 5.91 Å². The number of nitrogens with zero attached hydrogens (tertiary/aromatic N) is 1. The minimum Gasteiger partial charge on any atom is -0.497 e. The van der Waals surface area contributed by atoms with Crippen LogP contribution in [-0.2, 0) is 0 Å². The van der Waals surface area contributed by atoms with Crippen LogP contribution >= 0.6 is 0 Å². The average Bonchev–Trinajstić information content (AvgIpc) is 2.82. The summed E-state index contributed by atoms with van der Waals surface area (Å²) in [6.07, 6.45) is 0. The maximum Gasteiger partial charge on any atom is 0.333 e. The van der Waals surface area contributed by atoms with Crippen molar-refractivity contribution in [3.8, 4) is 5.75 Å². The van der Waals surface area contributed by atoms with Gasteiger partial charge in [0.2, 0.25) is 0 Å². The number of hydrogen-bond donors (Lipinski definition) is 2. The number of aromatic amines is 1. The molecule has 0 saturated carbocycles. The van der Waals surface area contributed by atoms with Crippen molar-refractivity contribution in [3.63, 3.8) is 0 Å². The number of nitrogen functional groups attached to an aromatic ring is 1. The number of benzene rings is 2. The zero-order valence-electron chi connectivity index (χ0n) is 12.2. The molecule has 0 fully saturated rings. The second-order valence-corrected chi connectivity index (χ2v) is 5.03. The maximum atomic E-state index is 12.7. The lowest BCUT2D eigenvalue weighted by atomic mass is 10.1. The third-order valence-electron chi connectivity index (χ3n) is 3.59. The Morgan fingerprint density at radius 1 is 1.27 bits per heavy atom. The van der Waals surface area contributed by atoms with E-state index >= 15 is 0 Å². The maximum absolute atomic E-state index is 12.7. The number of nitrogens with one attached hydrogen (secondary N) is 1. The van der Waals surface area contributed by atoms with Gasteiger partial charge in [-0.2, -0.15) is 0 Å². The number of nitrogens with two attached hydrogens (primary N) is 1. The van der Waals surface area contributed by atoms with E-state index in [2.05, 4.69) is 4.98 Å². The molecule has 0 radical (unpaired) electrons. The number of aromatic nitrogens is 2. The fourth-order valence-corrected chi connectivity index (χ4v) is 2.36. The quantitative estimate of drug-likeness (QED) is 0.707. The van der Waals surface area contributed by atoms with E-state index in [0.29, 0.717) is 28.0 Å². The van der Waals surface area contributed by atoms with Crippen LogP contribution in [0.4, 0.5) is 5.69 Å². The van der Waals surface area contributed by atoms with Crippen molar-refractivity contribution in [1.82, 2.24) is 9.55 Å². The Bertz CT molecular complexity index is 937. The molecular weight excluding hydrogens is 282 g/mol. The molecule has 3 rings (SSSR count). The Kier molecular flexibility index (Phi) is 3.21. The normalized spacial score (nSPS) is 10.8. The van der Waals surface area contributed by atoms with Gasteiger partial charge in [0.15, 0.2) is 0 Å². The molecule has 1 heterocycles. The summed E-state index contributed by atoms with van der Waals surface area (Å²) < 4.78 is 6.22. The Morgan fingerprint density at radius 3 is 2.77 bits per heavy atom. The summed E-state index contributed by atoms with van der Waals surface area (Å²) in [6.45, 7) is 1.83. The molecule has 0 saturated heterocycles. The van der Waals surface area contributed by atoms with Crippen LogP contribution in [0.15, 0.2) is 41.2 Å². The standard InChI is InChI=1S/C16H15N3O3/c1-9-6-14-13(8-12(9)17)18-16(21)19(14)15(20)10-4-3-5-11(7-10)22-2/h3-8H,17H2,1-2H3,(H,18,21). The highest BCUT2D eigenvalue weighted by molar-refractivity contribution is 6.01. The lowest BCUT2D eigenvalue weighted by Gasteiger charge is -2.06. The zero-order chi connectivity index (χ0) is 15.9. The molecule has 3 N–H and O–H groups in total. The summed E-state index contributed by atoms with van der Waals surface area (Å²) in [5.74, 6) is 0.137. The van der Waals surface area contributed by atoms with Crippen molar-refractivity contribution in [1.29, 1.82) is 0 Å². The van der Waals surface area contributed by atoms with Crippen LogP contribution in [0.25, 0.3) is 11.0 Å². The Morgan fingerprint density at radius 2 is 2.05 bits per heavy atom. The van der Waals surface area contributed by atoms with E-state index in [0.717, 1.165) is 10.1 Å². The van der Waals surface area contributed by atoms with Gasteiger partial charge in [-0.25, -0.2) is 9.36 Å². The summed E-state index contributed by atoms with van der Waals surface area (Å²) in [4.78, 5) is 27.5. The van der Waals surface area contributed by atoms with Gasteiger partial charge in [-0.1, -0.05) is 6.07 Å². The number of aryl methyl sites for hydroxylation is 1. The van der Waals surface area contributed by atoms with Crippen LogP contribution in [0.3, 0.4) is 0 Å². The highest BCUT2D eigenvalue weighted by atomic mass is 16.5. The van der Waals surface area contributed by atoms with Gasteiger partial charge in [-0.05, 0) is 42.8 Å². The number of anilines is 1. The number of carbonyl (C=O) groups excluding carboxylic acids is 1. The molecule has 22 heavy (non-hydrogen) atoms. The number of H-pyrrole nitrogens is 1. The molecule has 6 heteroatoms. The number of rotatable bonds is 2. The summed E-state index contributed by atoms with van der Waals surface area (Å²) >= 11 is 0. The highest BCUT2D eigenvalue weighted by Crippen LogP contribution is 2.20. The molecule has 0 atom stereocenters. The van der Waals surface area contributed by atoms with Gasteiger partial charge < -0.3 is 15.5 Å². The van der Waals surface area contributed by atoms with Gasteiger partial charge in [-0.3, -0.25) is 4.79 Å². The summed E-state index contributed by atoms with van der Waals surface area (Å²) in [6, 6.07) is 10.1. The fourth-order valence-electron chi connectivity index (χ4n) is 2.36. The molecule has 1 aromatic heterocycles. The molecule has 0 aliphatic rings. The molecule has 0 spiro atoms. The highest BCUT2D eigenvalue weighted by Gasteiger charge is 2.17. The largest absolute Gasteiger partial charge is 0.497 e. The summed E-state index contributed by atoms with van der Waals surface area (Å²) in [5, 5.41) is 0. The van der Waals surface area contributed by atoms with Crippen LogP contribution < -0.4 is 16.2 Å². The monoisotopic (exact) mass is 297 g/mol. The van der Waals surface area contributed by atoms with Crippen molar-refractivity contribution in [3.05, 3.63) is 58.0 Å². The molecule has 0 unspecified atom stereocenters. The number of imidazole rings is 1. The van der Waals surface area contributed by atoms with E-state index in [4.69, 9.17) is 10.5 Å². The van der Waals surface area contributed by atoms with Gasteiger partial charge in [0.05, 0.1) is 18.1 Å². The number of ether oxygens (including phenoxy) is 1. The van der Waals surface area contributed by atoms with Crippen molar-refractivity contribution >= 4 is 22.6 Å². The van der Waals surface area contributed by atoms with Crippen LogP contribution in [0.1, 0.15) is 15.9 Å². The predicted molar refractivity (Wildman–Crippen MR) is 84.4 cm³/mol. The van der Waals surface area contributed by atoms with E-state index in [1.54, 1.807) is 36.4 Å². The van der Waals surface area contributed by atoms with E-state index in [-0.39, 0.29) is 0 Å². The molecule has 0 bridgehead atoms. The third-order valence-corrected chi connectivity index (χ3v) is 3.59. The van der Waals surface area contributed by atoms with Gasteiger partial charge in [-0.15, -0.1) is 0 Å². The Labute approximate surface area is 126 Å². The zero-order valence-corrected chi connectivity index (χ0v) is 12.2. The van der Waals surface area contributed by atoms with Crippen LogP contribution in [0.2, 0.25) is 0 Å². The first-order chi connectivity index (χ1) is 10.5. The number of hydrogen-bond acceptors (Lipinski definition) is 4. The fraction of sp³-hybridized carbons (Fsp3) is 0.125. The molecule has 0 aliphatic heterocycles. The molecule has 3 aromatic rings. The Hall–Kier alpha value is -3.02. The third kappa shape index (κ3) is 2.14. The van der Waals surface area contributed by atoms with E-state index in [1.807, 2.05) is 6.92 Å². The molecule has 6 nitrogen and oxygen atoms in total. The van der Waals surface area contributed by atoms with Gasteiger partial charge >= 0.3 is 5.69 Å². The minimum absolute atomic E-state index is 0.372. The first-order valence-electron chi connectivity index (χ1n) is 6.71. The molecule has 112 valence electrons. The van der Waals surface area contributed by atoms with Gasteiger partial charge in [0, 0.05) is 11.3 Å². The van der Waals surface area contributed by atoms with Crippen molar-refractivity contribution in [2.24, 2.45) is 0 Å². The van der Waals surface area contributed by atoms with Crippen LogP contribution in [-0.4, -0.2) is 22.6 Å². The smallest absolute Gasteiger partial charge is 0.333 e. The number of methoxy groups -OCH3 is 1. The van der Waals surface area contributed by atoms with E-state index < -0.39 is 11.6 Å². The lowest BCUT2D eigenvalue weighted by Crippen LogP contribution is -2.24. The van der Waals surface area contributed by atoms with E-state index in [1.165, 1.54) is 7.11 Å². The number of carbonyl (C=O) groups is 1. The first kappa shape index (κ1) is 13.9. The molecular formula is C16H15N3O3. The van der Waals surface area contributed by atoms with Crippen molar-refractivity contribution < 1.29 is 9.53 Å². The van der Waals surface area contributed by atoms with Crippen LogP contribution in [0.5, 0.6) is 5.75 Å². The van der Waals surface area contributed by atoms with Crippen molar-refractivity contribution in [2.75, 3.05) is 12.8 Å². The predicted octanol–water partition coefficient (Wildman–Crippen LogP) is 1.92. The summed E-state index contributed by atoms with van der Waals surface area (Å²) in [5.41, 5.74) is 8.12. The lowest BCUT2D eigenvalue weighted by molar-refractivity contribution is 0.0960. The molecule has 2 aromatic carbocycles. The first-order valence-corrected chi connectivity index (χ1v) is 6.71. The molecule has 0 amide bonds. The van der Waals surface area contributed by atoms with Gasteiger partial charge in [0.1, 0.15) is 5.75 Å². The van der Waals surface area contributed by atoms with Crippen LogP contribution in [0, 0.1) is 6.92 Å². The van der Waals surface area contributed by atoms with Crippen molar-refractivity contribution in [2.45, 2.75) is 6.92 Å². The Balaban J connectivity index is 2.20. The topological polar surface area (TPSA) is 90.1 Å². The second kappa shape index (κ2) is 5.07.